The normalized spacial score (nSPS) is 12.7. The van der Waals surface area contributed by atoms with Crippen molar-refractivity contribution < 1.29 is 0 Å². The van der Waals surface area contributed by atoms with Gasteiger partial charge in [0.1, 0.15) is 0 Å². The summed E-state index contributed by atoms with van der Waals surface area (Å²) in [5, 5.41) is 3.55. The van der Waals surface area contributed by atoms with Crippen LogP contribution in [-0.4, -0.2) is 6.54 Å². The van der Waals surface area contributed by atoms with E-state index in [-0.39, 0.29) is 6.04 Å². The Morgan fingerprint density at radius 1 is 1.42 bits per heavy atom. The third kappa shape index (κ3) is 3.73. The van der Waals surface area contributed by atoms with Crippen molar-refractivity contribution in [3.8, 4) is 0 Å². The molecule has 2 rings (SSSR count). The Bertz CT molecular complexity index is 565. The number of halogens is 3. The summed E-state index contributed by atoms with van der Waals surface area (Å²) < 4.78 is 3.24. The number of rotatable bonds is 4. The van der Waals surface area contributed by atoms with Crippen LogP contribution in [0.3, 0.4) is 0 Å². The second-order valence-electron chi connectivity index (χ2n) is 4.26. The third-order valence-corrected chi connectivity index (χ3v) is 5.93. The highest BCUT2D eigenvalue weighted by Crippen LogP contribution is 2.36. The first-order chi connectivity index (χ1) is 9.02. The number of nitrogens with one attached hydrogen (secondary N) is 1. The quantitative estimate of drug-likeness (QED) is 0.559. The monoisotopic (exact) mass is 469 g/mol. The Morgan fingerprint density at radius 2 is 2.16 bits per heavy atom. The predicted molar refractivity (Wildman–Crippen MR) is 96.4 cm³/mol. The van der Waals surface area contributed by atoms with E-state index in [1.54, 1.807) is 11.3 Å². The van der Waals surface area contributed by atoms with Gasteiger partial charge < -0.3 is 5.32 Å². The highest BCUT2D eigenvalue weighted by Gasteiger charge is 2.19. The maximum absolute atomic E-state index is 6.21. The first-order valence-electron chi connectivity index (χ1n) is 5.97. The summed E-state index contributed by atoms with van der Waals surface area (Å²) in [4.78, 5) is 1.26. The third-order valence-electron chi connectivity index (χ3n) is 2.84. The average Bonchev–Trinajstić information content (AvgIpc) is 2.70. The van der Waals surface area contributed by atoms with Crippen molar-refractivity contribution in [2.45, 2.75) is 19.9 Å². The molecule has 1 aromatic heterocycles. The fraction of sp³-hybridized carbons (Fsp3) is 0.286. The summed E-state index contributed by atoms with van der Waals surface area (Å²) in [5.74, 6) is 0. The molecule has 5 heteroatoms. The lowest BCUT2D eigenvalue weighted by molar-refractivity contribution is 0.637. The molecule has 19 heavy (non-hydrogen) atoms. The molecule has 0 fully saturated rings. The maximum Gasteiger partial charge on any atom is 0.0961 e. The number of benzene rings is 1. The van der Waals surface area contributed by atoms with E-state index < -0.39 is 0 Å². The van der Waals surface area contributed by atoms with Gasteiger partial charge in [0.15, 0.2) is 0 Å². The lowest BCUT2D eigenvalue weighted by atomic mass is 10.0. The molecular weight excluding hydrogens is 456 g/mol. The Labute approximate surface area is 145 Å². The SMILES string of the molecule is CCNC(c1cc(C)c(Cl)s1)c1cc(Br)ccc1I. The highest BCUT2D eigenvalue weighted by atomic mass is 127. The van der Waals surface area contributed by atoms with Crippen LogP contribution in [0.25, 0.3) is 0 Å². The molecule has 1 N–H and O–H groups in total. The van der Waals surface area contributed by atoms with Crippen molar-refractivity contribution >= 4 is 61.5 Å². The van der Waals surface area contributed by atoms with Crippen LogP contribution in [-0.2, 0) is 0 Å². The molecule has 1 heterocycles. The number of thiophene rings is 1. The summed E-state index contributed by atoms with van der Waals surface area (Å²) >= 11 is 13.8. The van der Waals surface area contributed by atoms with Gasteiger partial charge in [-0.2, -0.15) is 0 Å². The van der Waals surface area contributed by atoms with E-state index in [1.165, 1.54) is 14.0 Å². The summed E-state index contributed by atoms with van der Waals surface area (Å²) in [6.07, 6.45) is 0. The van der Waals surface area contributed by atoms with Gasteiger partial charge in [-0.1, -0.05) is 34.5 Å². The lowest BCUT2D eigenvalue weighted by Gasteiger charge is -2.19. The van der Waals surface area contributed by atoms with E-state index in [0.717, 1.165) is 20.9 Å². The van der Waals surface area contributed by atoms with Crippen molar-refractivity contribution in [3.05, 3.63) is 52.6 Å². The Balaban J connectivity index is 2.47. The zero-order valence-corrected chi connectivity index (χ0v) is 16.0. The minimum Gasteiger partial charge on any atom is -0.306 e. The largest absolute Gasteiger partial charge is 0.306 e. The molecular formula is C14H14BrClINS. The first kappa shape index (κ1) is 15.8. The van der Waals surface area contributed by atoms with E-state index in [1.807, 2.05) is 0 Å². The van der Waals surface area contributed by atoms with E-state index in [2.05, 4.69) is 82.0 Å². The van der Waals surface area contributed by atoms with Crippen molar-refractivity contribution in [2.75, 3.05) is 6.54 Å². The molecule has 2 aromatic rings. The second-order valence-corrected chi connectivity index (χ2v) is 8.03. The van der Waals surface area contributed by atoms with Crippen LogP contribution in [0.1, 0.15) is 29.0 Å². The maximum atomic E-state index is 6.21. The molecule has 0 bridgehead atoms. The summed E-state index contributed by atoms with van der Waals surface area (Å²) in [7, 11) is 0. The van der Waals surface area contributed by atoms with Crippen molar-refractivity contribution in [1.82, 2.24) is 5.32 Å². The average molecular weight is 471 g/mol. The molecule has 0 radical (unpaired) electrons. The molecule has 0 saturated heterocycles. The first-order valence-corrected chi connectivity index (χ1v) is 9.03. The molecule has 0 aliphatic heterocycles. The van der Waals surface area contributed by atoms with E-state index in [4.69, 9.17) is 11.6 Å². The molecule has 1 nitrogen and oxygen atoms in total. The van der Waals surface area contributed by atoms with Gasteiger partial charge in [-0.3, -0.25) is 0 Å². The minimum absolute atomic E-state index is 0.200. The van der Waals surface area contributed by atoms with E-state index >= 15 is 0 Å². The Morgan fingerprint density at radius 3 is 2.74 bits per heavy atom. The second kappa shape index (κ2) is 6.89. The number of aryl methyl sites for hydroxylation is 1. The van der Waals surface area contributed by atoms with Gasteiger partial charge >= 0.3 is 0 Å². The van der Waals surface area contributed by atoms with E-state index in [0.29, 0.717) is 0 Å². The van der Waals surface area contributed by atoms with Crippen LogP contribution in [0.5, 0.6) is 0 Å². The molecule has 0 amide bonds. The molecule has 0 aliphatic rings. The van der Waals surface area contributed by atoms with Crippen LogP contribution in [0, 0.1) is 10.5 Å². The summed E-state index contributed by atoms with van der Waals surface area (Å²) in [6.45, 7) is 5.10. The Kier molecular flexibility index (Phi) is 5.72. The number of hydrogen-bond donors (Lipinski definition) is 1. The fourth-order valence-corrected chi connectivity index (χ4v) is 4.27. The standard InChI is InChI=1S/C14H14BrClINS/c1-3-18-13(12-6-8(2)14(16)19-12)10-7-9(15)4-5-11(10)17/h4-7,13,18H,3H2,1-2H3. The highest BCUT2D eigenvalue weighted by molar-refractivity contribution is 14.1. The van der Waals surface area contributed by atoms with Gasteiger partial charge in [0.05, 0.1) is 10.4 Å². The molecule has 102 valence electrons. The molecule has 1 unspecified atom stereocenters. The van der Waals surface area contributed by atoms with Crippen molar-refractivity contribution in [1.29, 1.82) is 0 Å². The molecule has 1 atom stereocenters. The lowest BCUT2D eigenvalue weighted by Crippen LogP contribution is -2.22. The topological polar surface area (TPSA) is 12.0 Å². The van der Waals surface area contributed by atoms with Gasteiger partial charge in [0.2, 0.25) is 0 Å². The van der Waals surface area contributed by atoms with Gasteiger partial charge in [0.25, 0.3) is 0 Å². The van der Waals surface area contributed by atoms with Gasteiger partial charge in [0, 0.05) is 12.9 Å². The predicted octanol–water partition coefficient (Wildman–Crippen LogP) is 5.78. The molecule has 0 spiro atoms. The molecule has 1 aromatic carbocycles. The smallest absolute Gasteiger partial charge is 0.0961 e. The van der Waals surface area contributed by atoms with Crippen LogP contribution < -0.4 is 5.32 Å². The van der Waals surface area contributed by atoms with Crippen LogP contribution in [0.2, 0.25) is 4.34 Å². The van der Waals surface area contributed by atoms with Crippen LogP contribution in [0.15, 0.2) is 28.7 Å². The van der Waals surface area contributed by atoms with Crippen molar-refractivity contribution in [3.63, 3.8) is 0 Å². The van der Waals surface area contributed by atoms with Gasteiger partial charge in [-0.15, -0.1) is 11.3 Å². The van der Waals surface area contributed by atoms with Crippen LogP contribution >= 0.6 is 61.5 Å². The van der Waals surface area contributed by atoms with E-state index in [9.17, 15) is 0 Å². The summed E-state index contributed by atoms with van der Waals surface area (Å²) in [6, 6.07) is 8.76. The van der Waals surface area contributed by atoms with Crippen molar-refractivity contribution in [2.24, 2.45) is 0 Å². The van der Waals surface area contributed by atoms with Crippen LogP contribution in [0.4, 0.5) is 0 Å². The minimum atomic E-state index is 0.200. The molecule has 0 aliphatic carbocycles. The van der Waals surface area contributed by atoms with Gasteiger partial charge in [-0.25, -0.2) is 0 Å². The fourth-order valence-electron chi connectivity index (χ4n) is 1.93. The molecule has 0 saturated carbocycles. The van der Waals surface area contributed by atoms with Gasteiger partial charge in [-0.05, 0) is 71.5 Å². The number of hydrogen-bond acceptors (Lipinski definition) is 2. The zero-order chi connectivity index (χ0) is 14.0. The Hall–Kier alpha value is 0.380. The summed E-state index contributed by atoms with van der Waals surface area (Å²) in [5.41, 5.74) is 2.43. The zero-order valence-electron chi connectivity index (χ0n) is 10.6.